The Kier molecular flexibility index (Phi) is 4.47. The Morgan fingerprint density at radius 3 is 2.52 bits per heavy atom. The number of benzene rings is 2. The average molecular weight is 353 g/mol. The number of anilines is 1. The molecule has 2 aromatic carbocycles. The fraction of sp³-hybridized carbons (Fsp3) is 0.133. The van der Waals surface area contributed by atoms with Crippen LogP contribution in [-0.2, 0) is 0 Å². The number of amides is 1. The normalized spacial score (nSPS) is 10.3. The number of nitrogens with two attached hydrogens (primary N) is 1. The Morgan fingerprint density at radius 1 is 1.19 bits per heavy atom. The van der Waals surface area contributed by atoms with Gasteiger partial charge < -0.3 is 15.4 Å². The molecule has 6 heteroatoms. The van der Waals surface area contributed by atoms with E-state index >= 15 is 0 Å². The van der Waals surface area contributed by atoms with E-state index in [1.54, 1.807) is 32.3 Å². The van der Waals surface area contributed by atoms with Crippen LogP contribution in [0.2, 0.25) is 0 Å². The van der Waals surface area contributed by atoms with Crippen molar-refractivity contribution in [2.24, 2.45) is 0 Å². The summed E-state index contributed by atoms with van der Waals surface area (Å²) in [4.78, 5) is 13.4. The van der Waals surface area contributed by atoms with Crippen LogP contribution in [-0.4, -0.2) is 24.9 Å². The molecule has 0 atom stereocenters. The second kappa shape index (κ2) is 6.13. The smallest absolute Gasteiger partial charge is 0.253 e. The molecule has 0 aromatic heterocycles. The van der Waals surface area contributed by atoms with E-state index in [1.807, 2.05) is 0 Å². The highest BCUT2D eigenvalue weighted by Crippen LogP contribution is 2.31. The fourth-order valence-electron chi connectivity index (χ4n) is 1.69. The standard InChI is InChI=1S/C15H14BrFN2O2/c1-19(2)15(20)9-3-5-12(18)14(7-9)21-13-6-4-10(16)8-11(13)17/h3-8H,18H2,1-2H3. The lowest BCUT2D eigenvalue weighted by atomic mass is 10.1. The van der Waals surface area contributed by atoms with Crippen molar-refractivity contribution in [2.75, 3.05) is 19.8 Å². The molecule has 0 fully saturated rings. The van der Waals surface area contributed by atoms with Gasteiger partial charge in [0.05, 0.1) is 5.69 Å². The SMILES string of the molecule is CN(C)C(=O)c1ccc(N)c(Oc2ccc(Br)cc2F)c1. The van der Waals surface area contributed by atoms with Gasteiger partial charge in [-0.15, -0.1) is 0 Å². The van der Waals surface area contributed by atoms with Gasteiger partial charge in [0.2, 0.25) is 0 Å². The molecule has 1 amide bonds. The first-order valence-electron chi connectivity index (χ1n) is 6.12. The molecular weight excluding hydrogens is 339 g/mol. The van der Waals surface area contributed by atoms with Crippen molar-refractivity contribution in [3.05, 3.63) is 52.3 Å². The lowest BCUT2D eigenvalue weighted by Gasteiger charge is -2.13. The van der Waals surface area contributed by atoms with Gasteiger partial charge in [0.25, 0.3) is 5.91 Å². The van der Waals surface area contributed by atoms with Gasteiger partial charge in [0.1, 0.15) is 0 Å². The Balaban J connectivity index is 2.35. The maximum atomic E-state index is 13.8. The lowest BCUT2D eigenvalue weighted by Crippen LogP contribution is -2.21. The van der Waals surface area contributed by atoms with E-state index in [-0.39, 0.29) is 17.4 Å². The molecule has 21 heavy (non-hydrogen) atoms. The van der Waals surface area contributed by atoms with Crippen LogP contribution in [0.3, 0.4) is 0 Å². The minimum absolute atomic E-state index is 0.0411. The molecule has 4 nitrogen and oxygen atoms in total. The van der Waals surface area contributed by atoms with Crippen molar-refractivity contribution in [3.8, 4) is 11.5 Å². The number of hydrogen-bond acceptors (Lipinski definition) is 3. The lowest BCUT2D eigenvalue weighted by molar-refractivity contribution is 0.0827. The summed E-state index contributed by atoms with van der Waals surface area (Å²) in [7, 11) is 3.29. The fourth-order valence-corrected chi connectivity index (χ4v) is 2.02. The van der Waals surface area contributed by atoms with Crippen LogP contribution in [0.15, 0.2) is 40.9 Å². The molecule has 0 saturated heterocycles. The molecule has 0 bridgehead atoms. The topological polar surface area (TPSA) is 55.6 Å². The average Bonchev–Trinajstić information content (AvgIpc) is 2.43. The second-order valence-corrected chi connectivity index (χ2v) is 5.54. The molecule has 110 valence electrons. The van der Waals surface area contributed by atoms with Gasteiger partial charge in [-0.1, -0.05) is 15.9 Å². The van der Waals surface area contributed by atoms with Crippen molar-refractivity contribution in [1.29, 1.82) is 0 Å². The summed E-state index contributed by atoms with van der Waals surface area (Å²) in [6.07, 6.45) is 0. The molecule has 0 radical (unpaired) electrons. The predicted octanol–water partition coefficient (Wildman–Crippen LogP) is 3.66. The zero-order valence-electron chi connectivity index (χ0n) is 11.6. The minimum Gasteiger partial charge on any atom is -0.452 e. The zero-order valence-corrected chi connectivity index (χ0v) is 13.1. The van der Waals surface area contributed by atoms with E-state index in [0.29, 0.717) is 15.7 Å². The first-order valence-corrected chi connectivity index (χ1v) is 6.92. The highest BCUT2D eigenvalue weighted by molar-refractivity contribution is 9.10. The Labute approximate surface area is 130 Å². The van der Waals surface area contributed by atoms with Crippen molar-refractivity contribution < 1.29 is 13.9 Å². The molecule has 0 aliphatic carbocycles. The van der Waals surface area contributed by atoms with Gasteiger partial charge in [0.15, 0.2) is 17.3 Å². The number of carbonyl (C=O) groups is 1. The molecule has 0 aliphatic heterocycles. The number of nitrogen functional groups attached to an aromatic ring is 1. The monoisotopic (exact) mass is 352 g/mol. The van der Waals surface area contributed by atoms with Gasteiger partial charge in [-0.25, -0.2) is 4.39 Å². The van der Waals surface area contributed by atoms with E-state index in [9.17, 15) is 9.18 Å². The third-order valence-electron chi connectivity index (χ3n) is 2.78. The van der Waals surface area contributed by atoms with Crippen molar-refractivity contribution in [2.45, 2.75) is 0 Å². The van der Waals surface area contributed by atoms with Gasteiger partial charge >= 0.3 is 0 Å². The summed E-state index contributed by atoms with van der Waals surface area (Å²) in [5.74, 6) is -0.424. The van der Waals surface area contributed by atoms with Crippen LogP contribution in [0.4, 0.5) is 10.1 Å². The summed E-state index contributed by atoms with van der Waals surface area (Å²) < 4.78 is 19.9. The summed E-state index contributed by atoms with van der Waals surface area (Å²) in [5.41, 5.74) is 6.56. The van der Waals surface area contributed by atoms with Gasteiger partial charge in [-0.2, -0.15) is 0 Å². The number of nitrogens with zero attached hydrogens (tertiary/aromatic N) is 1. The zero-order chi connectivity index (χ0) is 15.6. The minimum atomic E-state index is -0.520. The summed E-state index contributed by atoms with van der Waals surface area (Å²) in [5, 5.41) is 0. The van der Waals surface area contributed by atoms with Crippen LogP contribution in [0.5, 0.6) is 11.5 Å². The predicted molar refractivity (Wildman–Crippen MR) is 83.0 cm³/mol. The van der Waals surface area contributed by atoms with Crippen LogP contribution in [0.1, 0.15) is 10.4 Å². The first-order chi connectivity index (χ1) is 9.88. The van der Waals surface area contributed by atoms with E-state index in [4.69, 9.17) is 10.5 Å². The largest absolute Gasteiger partial charge is 0.452 e. The third-order valence-corrected chi connectivity index (χ3v) is 3.27. The molecule has 2 N–H and O–H groups in total. The number of hydrogen-bond donors (Lipinski definition) is 1. The van der Waals surface area contributed by atoms with Crippen molar-refractivity contribution in [3.63, 3.8) is 0 Å². The van der Waals surface area contributed by atoms with Crippen molar-refractivity contribution in [1.82, 2.24) is 4.90 Å². The van der Waals surface area contributed by atoms with Crippen LogP contribution in [0, 0.1) is 5.82 Å². The highest BCUT2D eigenvalue weighted by atomic mass is 79.9. The maximum Gasteiger partial charge on any atom is 0.253 e. The van der Waals surface area contributed by atoms with Crippen LogP contribution < -0.4 is 10.5 Å². The Morgan fingerprint density at radius 2 is 1.90 bits per heavy atom. The van der Waals surface area contributed by atoms with E-state index in [0.717, 1.165) is 0 Å². The molecule has 0 aliphatic rings. The highest BCUT2D eigenvalue weighted by Gasteiger charge is 2.13. The second-order valence-electron chi connectivity index (χ2n) is 4.63. The van der Waals surface area contributed by atoms with Crippen molar-refractivity contribution >= 4 is 27.5 Å². The number of ether oxygens (including phenoxy) is 1. The third kappa shape index (κ3) is 3.52. The number of carbonyl (C=O) groups excluding carboxylic acids is 1. The van der Waals surface area contributed by atoms with Gasteiger partial charge in [-0.3, -0.25) is 4.79 Å². The maximum absolute atomic E-state index is 13.8. The quantitative estimate of drug-likeness (QED) is 0.857. The summed E-state index contributed by atoms with van der Waals surface area (Å²) >= 11 is 3.17. The first kappa shape index (κ1) is 15.3. The van der Waals surface area contributed by atoms with E-state index in [2.05, 4.69) is 15.9 Å². The van der Waals surface area contributed by atoms with Gasteiger partial charge in [0, 0.05) is 24.1 Å². The number of rotatable bonds is 3. The molecule has 0 saturated carbocycles. The van der Waals surface area contributed by atoms with Gasteiger partial charge in [-0.05, 0) is 36.4 Å². The summed E-state index contributed by atoms with van der Waals surface area (Å²) in [6, 6.07) is 9.09. The van der Waals surface area contributed by atoms with Crippen LogP contribution >= 0.6 is 15.9 Å². The molecule has 0 heterocycles. The van der Waals surface area contributed by atoms with E-state index < -0.39 is 5.82 Å². The molecule has 2 aromatic rings. The van der Waals surface area contributed by atoms with E-state index in [1.165, 1.54) is 23.1 Å². The van der Waals surface area contributed by atoms with Crippen LogP contribution in [0.25, 0.3) is 0 Å². The Bertz CT molecular complexity index is 689. The molecule has 2 rings (SSSR count). The molecular formula is C15H14BrFN2O2. The molecule has 0 unspecified atom stereocenters. The molecule has 0 spiro atoms. The number of halogens is 2. The summed E-state index contributed by atoms with van der Waals surface area (Å²) in [6.45, 7) is 0. The Hall–Kier alpha value is -2.08.